The fourth-order valence-electron chi connectivity index (χ4n) is 0.402. The fourth-order valence-corrected chi connectivity index (χ4v) is 0.497. The van der Waals surface area contributed by atoms with Gasteiger partial charge in [-0.2, -0.15) is 0 Å². The lowest BCUT2D eigenvalue weighted by Gasteiger charge is -1.94. The van der Waals surface area contributed by atoms with E-state index in [0.717, 1.165) is 12.1 Å². The Hall–Kier alpha value is -0.370. The van der Waals surface area contributed by atoms with Crippen molar-refractivity contribution in [1.29, 1.82) is 5.41 Å². The normalized spacial score (nSPS) is 11.7. The van der Waals surface area contributed by atoms with Crippen LogP contribution in [0.2, 0.25) is 0 Å². The smallest absolute Gasteiger partial charge is 0.0972 e. The van der Waals surface area contributed by atoms with Crippen LogP contribution in [0.4, 0.5) is 0 Å². The van der Waals surface area contributed by atoms with Crippen molar-refractivity contribution in [2.75, 3.05) is 7.05 Å². The number of nitrogens with one attached hydrogen (secondary N) is 1. The molecule has 0 bridgehead atoms. The Morgan fingerprint density at radius 1 is 1.56 bits per heavy atom. The third-order valence-electron chi connectivity index (χ3n) is 1.09. The predicted octanol–water partition coefficient (Wildman–Crippen LogP) is 2.07. The van der Waals surface area contributed by atoms with Gasteiger partial charge in [0.05, 0.1) is 5.17 Å². The van der Waals surface area contributed by atoms with E-state index in [4.69, 9.17) is 17.0 Å². The number of hydrogen-bond acceptors (Lipinski definition) is 2. The maximum atomic E-state index is 6.87. The van der Waals surface area contributed by atoms with Gasteiger partial charge in [-0.25, -0.2) is 0 Å². The first-order valence-electron chi connectivity index (χ1n) is 2.82. The molecule has 0 heterocycles. The fraction of sp³-hybridized carbons (Fsp3) is 0.667. The third kappa shape index (κ3) is 5.50. The van der Waals surface area contributed by atoms with Crippen molar-refractivity contribution in [3.63, 3.8) is 0 Å². The van der Waals surface area contributed by atoms with Crippen molar-refractivity contribution in [3.05, 3.63) is 0 Å². The molecular weight excluding hydrogens is 136 g/mol. The van der Waals surface area contributed by atoms with E-state index in [1.54, 1.807) is 7.05 Å². The molecule has 0 aromatic rings. The molecule has 0 aliphatic rings. The maximum Gasteiger partial charge on any atom is 0.0972 e. The van der Waals surface area contributed by atoms with Gasteiger partial charge in [0, 0.05) is 19.2 Å². The first-order valence-corrected chi connectivity index (χ1v) is 3.19. The van der Waals surface area contributed by atoms with E-state index < -0.39 is 0 Å². The van der Waals surface area contributed by atoms with E-state index in [-0.39, 0.29) is 5.17 Å². The van der Waals surface area contributed by atoms with Crippen molar-refractivity contribution < 1.29 is 0 Å². The highest BCUT2D eigenvalue weighted by Crippen LogP contribution is 1.96. The standard InChI is InChI=1S/C6H11ClN2/c1-5(9-2)3-4-6(7)8/h8H,3-4H2,1-2H3. The van der Waals surface area contributed by atoms with Crippen LogP contribution in [0.15, 0.2) is 4.99 Å². The number of rotatable bonds is 3. The molecule has 0 aromatic heterocycles. The van der Waals surface area contributed by atoms with Crippen LogP contribution < -0.4 is 0 Å². The van der Waals surface area contributed by atoms with Crippen LogP contribution >= 0.6 is 11.6 Å². The average molecular weight is 147 g/mol. The summed E-state index contributed by atoms with van der Waals surface area (Å²) in [5, 5.41) is 7.08. The van der Waals surface area contributed by atoms with E-state index in [0.29, 0.717) is 6.42 Å². The molecule has 52 valence electrons. The van der Waals surface area contributed by atoms with Crippen LogP contribution in [0, 0.1) is 5.41 Å². The Morgan fingerprint density at radius 2 is 2.11 bits per heavy atom. The van der Waals surface area contributed by atoms with Crippen LogP contribution in [-0.4, -0.2) is 17.9 Å². The highest BCUT2D eigenvalue weighted by molar-refractivity contribution is 6.64. The lowest BCUT2D eigenvalue weighted by atomic mass is 10.2. The van der Waals surface area contributed by atoms with Crippen molar-refractivity contribution in [3.8, 4) is 0 Å². The highest BCUT2D eigenvalue weighted by Gasteiger charge is 1.92. The number of halogens is 1. The molecule has 9 heavy (non-hydrogen) atoms. The lowest BCUT2D eigenvalue weighted by Crippen LogP contribution is -1.93. The SMILES string of the molecule is CN=C(C)CCC(=N)Cl. The summed E-state index contributed by atoms with van der Waals surface area (Å²) in [6.45, 7) is 1.93. The first kappa shape index (κ1) is 8.63. The summed E-state index contributed by atoms with van der Waals surface area (Å²) in [7, 11) is 1.74. The molecule has 2 nitrogen and oxygen atoms in total. The van der Waals surface area contributed by atoms with Crippen molar-refractivity contribution in [2.45, 2.75) is 19.8 Å². The van der Waals surface area contributed by atoms with E-state index in [2.05, 4.69) is 4.99 Å². The van der Waals surface area contributed by atoms with Crippen LogP contribution in [0.5, 0.6) is 0 Å². The summed E-state index contributed by atoms with van der Waals surface area (Å²) >= 11 is 5.31. The van der Waals surface area contributed by atoms with Crippen LogP contribution in [0.25, 0.3) is 0 Å². The second-order valence-electron chi connectivity index (χ2n) is 1.86. The van der Waals surface area contributed by atoms with Crippen molar-refractivity contribution >= 4 is 22.5 Å². The zero-order valence-corrected chi connectivity index (χ0v) is 6.50. The van der Waals surface area contributed by atoms with Crippen LogP contribution in [-0.2, 0) is 0 Å². The lowest BCUT2D eigenvalue weighted by molar-refractivity contribution is 1.12. The molecule has 3 heteroatoms. The Kier molecular flexibility index (Phi) is 4.32. The minimum atomic E-state index is 0.206. The van der Waals surface area contributed by atoms with Crippen molar-refractivity contribution in [2.24, 2.45) is 4.99 Å². The molecule has 0 aromatic carbocycles. The van der Waals surface area contributed by atoms with E-state index >= 15 is 0 Å². The van der Waals surface area contributed by atoms with E-state index in [1.165, 1.54) is 0 Å². The van der Waals surface area contributed by atoms with Gasteiger partial charge in [-0.15, -0.1) is 0 Å². The van der Waals surface area contributed by atoms with Gasteiger partial charge < -0.3 is 0 Å². The molecule has 0 fully saturated rings. The maximum absolute atomic E-state index is 6.87. The van der Waals surface area contributed by atoms with Crippen molar-refractivity contribution in [1.82, 2.24) is 0 Å². The molecule has 1 N–H and O–H groups in total. The number of nitrogens with zero attached hydrogens (tertiary/aromatic N) is 1. The second kappa shape index (κ2) is 4.50. The van der Waals surface area contributed by atoms with Gasteiger partial charge in [0.15, 0.2) is 0 Å². The van der Waals surface area contributed by atoms with Gasteiger partial charge in [-0.1, -0.05) is 11.6 Å². The summed E-state index contributed by atoms with van der Waals surface area (Å²) in [4.78, 5) is 3.92. The molecule has 0 saturated heterocycles. The summed E-state index contributed by atoms with van der Waals surface area (Å²) in [6.07, 6.45) is 1.42. The van der Waals surface area contributed by atoms with Gasteiger partial charge in [0.1, 0.15) is 0 Å². The van der Waals surface area contributed by atoms with Gasteiger partial charge in [-0.05, 0) is 13.3 Å². The minimum absolute atomic E-state index is 0.206. The topological polar surface area (TPSA) is 36.2 Å². The van der Waals surface area contributed by atoms with Gasteiger partial charge in [-0.3, -0.25) is 10.4 Å². The van der Waals surface area contributed by atoms with Crippen LogP contribution in [0.3, 0.4) is 0 Å². The molecule has 0 radical (unpaired) electrons. The number of hydrogen-bond donors (Lipinski definition) is 1. The Labute approximate surface area is 60.4 Å². The van der Waals surface area contributed by atoms with Gasteiger partial charge >= 0.3 is 0 Å². The molecule has 0 aliphatic carbocycles. The molecule has 0 rings (SSSR count). The van der Waals surface area contributed by atoms with E-state index in [9.17, 15) is 0 Å². The third-order valence-corrected chi connectivity index (χ3v) is 1.28. The Morgan fingerprint density at radius 3 is 2.44 bits per heavy atom. The molecule has 0 amide bonds. The summed E-state index contributed by atoms with van der Waals surface area (Å²) < 4.78 is 0. The second-order valence-corrected chi connectivity index (χ2v) is 2.32. The first-order chi connectivity index (χ1) is 4.16. The zero-order chi connectivity index (χ0) is 7.28. The molecular formula is C6H11ClN2. The predicted molar refractivity (Wildman–Crippen MR) is 41.8 cm³/mol. The monoisotopic (exact) mass is 146 g/mol. The Bertz CT molecular complexity index is 129. The molecule has 0 saturated carbocycles. The summed E-state index contributed by atoms with van der Waals surface area (Å²) in [5.74, 6) is 0. The Balaban J connectivity index is 3.39. The van der Waals surface area contributed by atoms with Gasteiger partial charge in [0.2, 0.25) is 0 Å². The zero-order valence-electron chi connectivity index (χ0n) is 5.74. The molecule has 0 aliphatic heterocycles. The minimum Gasteiger partial charge on any atom is -0.298 e. The van der Waals surface area contributed by atoms with Crippen LogP contribution in [0.1, 0.15) is 19.8 Å². The summed E-state index contributed by atoms with van der Waals surface area (Å²) in [5.41, 5.74) is 1.04. The molecule has 0 unspecified atom stereocenters. The average Bonchev–Trinajstić information content (AvgIpc) is 1.83. The number of aliphatic imine (C=N–C) groups is 1. The molecule has 0 spiro atoms. The van der Waals surface area contributed by atoms with Gasteiger partial charge in [0.25, 0.3) is 0 Å². The van der Waals surface area contributed by atoms with E-state index in [1.807, 2.05) is 6.92 Å². The quantitative estimate of drug-likeness (QED) is 0.592. The largest absolute Gasteiger partial charge is 0.298 e. The summed E-state index contributed by atoms with van der Waals surface area (Å²) in [6, 6.07) is 0. The molecule has 0 atom stereocenters. The highest BCUT2D eigenvalue weighted by atomic mass is 35.5.